The molecule has 3 nitrogen and oxygen atoms in total. The Bertz CT molecular complexity index is 390. The van der Waals surface area contributed by atoms with Crippen molar-refractivity contribution >= 4 is 5.82 Å². The lowest BCUT2D eigenvalue weighted by atomic mass is 10.1. The summed E-state index contributed by atoms with van der Waals surface area (Å²) in [5.41, 5.74) is 2.17. The van der Waals surface area contributed by atoms with E-state index >= 15 is 0 Å². The number of aromatic nitrogens is 1. The van der Waals surface area contributed by atoms with Crippen molar-refractivity contribution in [2.75, 3.05) is 18.5 Å². The number of anilines is 1. The summed E-state index contributed by atoms with van der Waals surface area (Å²) < 4.78 is 0. The van der Waals surface area contributed by atoms with Crippen LogP contribution in [0.15, 0.2) is 12.3 Å². The number of hydrogen-bond donors (Lipinski definition) is 2. The Kier molecular flexibility index (Phi) is 2.66. The molecular formula is C11H12N2O. The van der Waals surface area contributed by atoms with Crippen LogP contribution >= 0.6 is 0 Å². The number of pyridine rings is 1. The first kappa shape index (κ1) is 9.04. The summed E-state index contributed by atoms with van der Waals surface area (Å²) in [5.74, 6) is 6.84. The molecule has 2 rings (SSSR count). The smallest absolute Gasteiger partial charge is 0.129 e. The topological polar surface area (TPSA) is 45.2 Å². The van der Waals surface area contributed by atoms with Gasteiger partial charge in [-0.05, 0) is 18.1 Å². The maximum Gasteiger partial charge on any atom is 0.129 e. The highest BCUT2D eigenvalue weighted by Crippen LogP contribution is 2.19. The van der Waals surface area contributed by atoms with Gasteiger partial charge >= 0.3 is 0 Å². The minimum Gasteiger partial charge on any atom is -0.395 e. The van der Waals surface area contributed by atoms with Crippen molar-refractivity contribution in [3.05, 3.63) is 23.4 Å². The number of fused-ring (bicyclic) bond motifs is 1. The van der Waals surface area contributed by atoms with Gasteiger partial charge in [-0.25, -0.2) is 4.98 Å². The third kappa shape index (κ3) is 1.86. The third-order valence-electron chi connectivity index (χ3n) is 2.12. The molecule has 2 heterocycles. The predicted octanol–water partition coefficient (Wildman–Crippen LogP) is 0.783. The average Bonchev–Trinajstić information content (AvgIpc) is 2.65. The number of rotatable bonds is 1. The highest BCUT2D eigenvalue weighted by atomic mass is 16.2. The van der Waals surface area contributed by atoms with E-state index in [1.807, 2.05) is 0 Å². The Morgan fingerprint density at radius 3 is 3.36 bits per heavy atom. The van der Waals surface area contributed by atoms with Crippen molar-refractivity contribution < 1.29 is 5.11 Å². The summed E-state index contributed by atoms with van der Waals surface area (Å²) in [6.07, 6.45) is 3.31. The van der Waals surface area contributed by atoms with E-state index in [1.54, 1.807) is 6.20 Å². The Hall–Kier alpha value is -1.53. The van der Waals surface area contributed by atoms with Gasteiger partial charge in [-0.15, -0.1) is 0 Å². The molecule has 0 aromatic carbocycles. The zero-order chi connectivity index (χ0) is 9.80. The molecule has 0 amide bonds. The number of aliphatic hydroxyl groups excluding tert-OH is 1. The summed E-state index contributed by atoms with van der Waals surface area (Å²) in [6.45, 7) is 1.09. The molecule has 0 unspecified atom stereocenters. The van der Waals surface area contributed by atoms with E-state index < -0.39 is 0 Å². The van der Waals surface area contributed by atoms with Crippen LogP contribution < -0.4 is 5.32 Å². The summed E-state index contributed by atoms with van der Waals surface area (Å²) in [6, 6.07) is 2.06. The van der Waals surface area contributed by atoms with Crippen molar-refractivity contribution in [2.24, 2.45) is 0 Å². The van der Waals surface area contributed by atoms with E-state index in [9.17, 15) is 0 Å². The second-order valence-corrected chi connectivity index (χ2v) is 3.18. The lowest BCUT2D eigenvalue weighted by molar-refractivity contribution is 0.305. The largest absolute Gasteiger partial charge is 0.395 e. The first-order valence-electron chi connectivity index (χ1n) is 4.72. The second-order valence-electron chi connectivity index (χ2n) is 3.18. The molecule has 1 aliphatic heterocycles. The molecule has 1 aromatic rings. The first-order valence-corrected chi connectivity index (χ1v) is 4.72. The van der Waals surface area contributed by atoms with Crippen LogP contribution in [0.2, 0.25) is 0 Å². The van der Waals surface area contributed by atoms with Crippen LogP contribution in [0.4, 0.5) is 5.82 Å². The molecule has 0 spiro atoms. The monoisotopic (exact) mass is 188 g/mol. The van der Waals surface area contributed by atoms with Crippen LogP contribution in [0.5, 0.6) is 0 Å². The summed E-state index contributed by atoms with van der Waals surface area (Å²) in [4.78, 5) is 4.26. The number of hydrogen-bond acceptors (Lipinski definition) is 3. The molecule has 14 heavy (non-hydrogen) atoms. The van der Waals surface area contributed by atoms with Crippen molar-refractivity contribution in [3.8, 4) is 11.8 Å². The van der Waals surface area contributed by atoms with Gasteiger partial charge in [0.25, 0.3) is 0 Å². The quantitative estimate of drug-likeness (QED) is 0.640. The van der Waals surface area contributed by atoms with Gasteiger partial charge in [0.15, 0.2) is 0 Å². The molecule has 0 saturated carbocycles. The summed E-state index contributed by atoms with van der Waals surface area (Å²) in [7, 11) is 0. The summed E-state index contributed by atoms with van der Waals surface area (Å²) >= 11 is 0. The van der Waals surface area contributed by atoms with E-state index in [4.69, 9.17) is 5.11 Å². The highest BCUT2D eigenvalue weighted by Gasteiger charge is 2.10. The predicted molar refractivity (Wildman–Crippen MR) is 55.0 cm³/mol. The second kappa shape index (κ2) is 4.12. The molecule has 3 heteroatoms. The molecule has 1 aliphatic rings. The normalized spacial score (nSPS) is 12.6. The van der Waals surface area contributed by atoms with Crippen LogP contribution in [-0.4, -0.2) is 23.2 Å². The highest BCUT2D eigenvalue weighted by molar-refractivity contribution is 5.52. The average molecular weight is 188 g/mol. The van der Waals surface area contributed by atoms with Crippen molar-refractivity contribution in [1.82, 2.24) is 4.98 Å². The Labute approximate surface area is 83.2 Å². The molecule has 1 aromatic heterocycles. The Balaban J connectivity index is 2.18. The minimum absolute atomic E-state index is 0.118. The third-order valence-corrected chi connectivity index (χ3v) is 2.12. The van der Waals surface area contributed by atoms with E-state index in [1.165, 1.54) is 5.56 Å². The zero-order valence-corrected chi connectivity index (χ0v) is 7.88. The van der Waals surface area contributed by atoms with E-state index in [0.717, 1.165) is 24.3 Å². The molecule has 2 N–H and O–H groups in total. The fraction of sp³-hybridized carbons (Fsp3) is 0.364. The summed E-state index contributed by atoms with van der Waals surface area (Å²) in [5, 5.41) is 11.8. The molecular weight excluding hydrogens is 176 g/mol. The van der Waals surface area contributed by atoms with Gasteiger partial charge in [0.05, 0.1) is 6.61 Å². The van der Waals surface area contributed by atoms with Gasteiger partial charge < -0.3 is 10.4 Å². The van der Waals surface area contributed by atoms with Gasteiger partial charge in [-0.3, -0.25) is 0 Å². The maximum atomic E-state index is 8.57. The maximum absolute atomic E-state index is 8.57. The first-order chi connectivity index (χ1) is 6.90. The van der Waals surface area contributed by atoms with E-state index in [2.05, 4.69) is 28.2 Å². The molecule has 0 bridgehead atoms. The van der Waals surface area contributed by atoms with E-state index in [0.29, 0.717) is 6.42 Å². The van der Waals surface area contributed by atoms with Gasteiger partial charge in [-0.1, -0.05) is 11.8 Å². The Morgan fingerprint density at radius 2 is 2.50 bits per heavy atom. The number of aliphatic hydroxyl groups is 1. The standard InChI is InChI=1S/C11H12N2O/c14-6-2-1-3-9-7-10-4-5-12-11(10)13-8-9/h7-8,14H,2,4-6H2,(H,12,13). The zero-order valence-electron chi connectivity index (χ0n) is 7.88. The fourth-order valence-corrected chi connectivity index (χ4v) is 1.46. The molecule has 0 fully saturated rings. The fourth-order valence-electron chi connectivity index (χ4n) is 1.46. The molecule has 72 valence electrons. The van der Waals surface area contributed by atoms with Crippen LogP contribution in [0, 0.1) is 11.8 Å². The van der Waals surface area contributed by atoms with Crippen LogP contribution in [0.1, 0.15) is 17.5 Å². The van der Waals surface area contributed by atoms with Crippen molar-refractivity contribution in [2.45, 2.75) is 12.8 Å². The molecule has 0 saturated heterocycles. The molecule has 0 atom stereocenters. The van der Waals surface area contributed by atoms with Gasteiger partial charge in [0.1, 0.15) is 5.82 Å². The van der Waals surface area contributed by atoms with Crippen LogP contribution in [0.3, 0.4) is 0 Å². The molecule has 0 radical (unpaired) electrons. The van der Waals surface area contributed by atoms with Gasteiger partial charge in [0, 0.05) is 24.7 Å². The van der Waals surface area contributed by atoms with Crippen LogP contribution in [0.25, 0.3) is 0 Å². The minimum atomic E-state index is 0.118. The van der Waals surface area contributed by atoms with Crippen molar-refractivity contribution in [3.63, 3.8) is 0 Å². The van der Waals surface area contributed by atoms with Crippen LogP contribution in [-0.2, 0) is 6.42 Å². The van der Waals surface area contributed by atoms with E-state index in [-0.39, 0.29) is 6.61 Å². The van der Waals surface area contributed by atoms with Gasteiger partial charge in [-0.2, -0.15) is 0 Å². The lowest BCUT2D eigenvalue weighted by Crippen LogP contribution is -1.92. The Morgan fingerprint density at radius 1 is 1.57 bits per heavy atom. The van der Waals surface area contributed by atoms with Gasteiger partial charge in [0.2, 0.25) is 0 Å². The SMILES string of the molecule is OCCC#Cc1cnc2c(c1)CCN2. The number of nitrogens with one attached hydrogen (secondary N) is 1. The molecule has 0 aliphatic carbocycles. The van der Waals surface area contributed by atoms with Crippen molar-refractivity contribution in [1.29, 1.82) is 0 Å². The lowest BCUT2D eigenvalue weighted by Gasteiger charge is -1.97. The number of nitrogens with zero attached hydrogens (tertiary/aromatic N) is 1.